The molecule has 13 N–H and O–H groups in total. The van der Waals surface area contributed by atoms with E-state index in [1.807, 2.05) is 6.92 Å². The Bertz CT molecular complexity index is 1650. The highest BCUT2D eigenvalue weighted by atomic mass is 16.8. The number of aliphatic hydroxyl groups is 13. The third-order valence-corrected chi connectivity index (χ3v) is 16.8. The first-order valence-corrected chi connectivity index (χ1v) is 23.0. The Kier molecular flexibility index (Phi) is 15.5. The minimum absolute atomic E-state index is 0.0824. The van der Waals surface area contributed by atoms with Gasteiger partial charge in [-0.3, -0.25) is 4.79 Å². The minimum atomic E-state index is -1.91. The molecule has 21 heteroatoms. The molecule has 21 nitrogen and oxygen atoms in total. The molecule has 3 aliphatic heterocycles. The van der Waals surface area contributed by atoms with E-state index in [1.54, 1.807) is 6.92 Å². The zero-order valence-electron chi connectivity index (χ0n) is 37.2. The van der Waals surface area contributed by atoms with Gasteiger partial charge in [0.25, 0.3) is 0 Å². The van der Waals surface area contributed by atoms with Gasteiger partial charge in [-0.2, -0.15) is 0 Å². The second-order valence-corrected chi connectivity index (χ2v) is 20.5. The van der Waals surface area contributed by atoms with Gasteiger partial charge in [-0.15, -0.1) is 0 Å². The maximum absolute atomic E-state index is 14.0. The van der Waals surface area contributed by atoms with Crippen LogP contribution in [0.25, 0.3) is 0 Å². The molecule has 3 heterocycles. The smallest absolute Gasteiger partial charge is 0.312 e. The molecule has 0 aromatic rings. The van der Waals surface area contributed by atoms with Crippen molar-refractivity contribution < 1.29 is 104 Å². The lowest BCUT2D eigenvalue weighted by Gasteiger charge is -2.64. The van der Waals surface area contributed by atoms with E-state index in [0.29, 0.717) is 44.9 Å². The molecular weight excluding hydrogens is 864 g/mol. The summed E-state index contributed by atoms with van der Waals surface area (Å²) in [7, 11) is 0. The van der Waals surface area contributed by atoms with Crippen molar-refractivity contribution in [2.75, 3.05) is 33.0 Å². The van der Waals surface area contributed by atoms with E-state index in [2.05, 4.69) is 13.5 Å². The van der Waals surface area contributed by atoms with Gasteiger partial charge in [0.15, 0.2) is 18.9 Å². The predicted octanol–water partition coefficient (Wildman–Crippen LogP) is -3.56. The summed E-state index contributed by atoms with van der Waals surface area (Å²) in [6.07, 6.45) is -22.0. The summed E-state index contributed by atoms with van der Waals surface area (Å²) in [6.45, 7) is 6.73. The second-order valence-electron chi connectivity index (χ2n) is 20.5. The standard InChI is InChI=1S/C44H72O21/c1-19-12-43-10-6-26-41(3,8-5-9-42(26,4)40(58)59-17-22(50)29(52)21(49)13-45)27(43)7-11-44(19,18-43)65-39-36(64-38-34(57)32(55)30(53)24(15-47)61-38)35(31(54)25(16-48)62-39)63-37-33(56)28(51)20(2)23(14-46)60-37/h20-39,45-57H,1,5-18H2,2-4H3/t20-,21+,22-,23-,24-,25-,26+,27+,28+,29-,30-,31-,32+,33-,34-,35+,36-,37+,38+,39+,41-,42-,43-,44+/m1/s1. The maximum atomic E-state index is 14.0. The molecule has 7 aliphatic rings. The highest BCUT2D eigenvalue weighted by molar-refractivity contribution is 5.77. The van der Waals surface area contributed by atoms with Crippen LogP contribution in [0.5, 0.6) is 0 Å². The number of ether oxygens (including phenoxy) is 7. The molecule has 0 aromatic heterocycles. The van der Waals surface area contributed by atoms with Gasteiger partial charge in [0.1, 0.15) is 79.9 Å². The lowest BCUT2D eigenvalue weighted by atomic mass is 9.41. The highest BCUT2D eigenvalue weighted by Crippen LogP contribution is 2.73. The number of carbonyl (C=O) groups is 1. The van der Waals surface area contributed by atoms with Gasteiger partial charge < -0.3 is 99.5 Å². The van der Waals surface area contributed by atoms with Crippen LogP contribution in [0.1, 0.15) is 78.6 Å². The Morgan fingerprint density at radius 2 is 1.29 bits per heavy atom. The lowest BCUT2D eigenvalue weighted by molar-refractivity contribution is -0.398. The van der Waals surface area contributed by atoms with Crippen molar-refractivity contribution in [1.82, 2.24) is 0 Å². The van der Waals surface area contributed by atoms with Crippen LogP contribution in [-0.2, 0) is 38.0 Å². The van der Waals surface area contributed by atoms with Gasteiger partial charge in [-0.1, -0.05) is 26.8 Å². The summed E-state index contributed by atoms with van der Waals surface area (Å²) < 4.78 is 43.0. The Morgan fingerprint density at radius 1 is 0.708 bits per heavy atom. The molecule has 24 atom stereocenters. The monoisotopic (exact) mass is 936 g/mol. The lowest BCUT2D eigenvalue weighted by Crippen LogP contribution is -2.67. The molecule has 7 fully saturated rings. The molecule has 1 spiro atoms. The SMILES string of the molecule is C=C1C[C@@]23CC[C@H]4[C@@](C)(CCC[C@@]4(C)C(=O)OC[C@@H](O)[C@H](O)[C@@H](O)CO)[C@@H]2CC[C@]1(O[C@@H]1O[C@H](CO)[C@@H](O)[C@H](O[C@@H]2O[C@H](CO)[C@@H](C)[C@H](O)[C@H]2O)[C@H]1O[C@@H]1O[C@H](CO)[C@@H](O)[C@H](O)[C@H]1O)C3. The summed E-state index contributed by atoms with van der Waals surface area (Å²) in [5.41, 5.74) is -2.00. The number of carbonyl (C=O) groups excluding carboxylic acids is 1. The molecule has 0 aromatic carbocycles. The van der Waals surface area contributed by atoms with Gasteiger partial charge in [-0.25, -0.2) is 0 Å². The van der Waals surface area contributed by atoms with Crippen LogP contribution in [0, 0.1) is 34.0 Å². The zero-order valence-corrected chi connectivity index (χ0v) is 37.2. The molecule has 2 bridgehead atoms. The summed E-state index contributed by atoms with van der Waals surface area (Å²) in [6, 6.07) is 0. The van der Waals surface area contributed by atoms with Crippen LogP contribution in [0.4, 0.5) is 0 Å². The van der Waals surface area contributed by atoms with Crippen LogP contribution >= 0.6 is 0 Å². The average Bonchev–Trinajstić information content (AvgIpc) is 3.48. The Balaban J connectivity index is 1.16. The first-order chi connectivity index (χ1) is 30.6. The summed E-state index contributed by atoms with van der Waals surface area (Å²) in [4.78, 5) is 14.0. The number of esters is 1. The van der Waals surface area contributed by atoms with Crippen molar-refractivity contribution in [3.05, 3.63) is 12.2 Å². The van der Waals surface area contributed by atoms with Gasteiger partial charge in [0.05, 0.1) is 49.7 Å². The molecule has 0 unspecified atom stereocenters. The molecule has 4 saturated carbocycles. The van der Waals surface area contributed by atoms with E-state index in [-0.39, 0.29) is 22.7 Å². The van der Waals surface area contributed by atoms with Crippen molar-refractivity contribution in [3.63, 3.8) is 0 Å². The molecular formula is C44H72O21. The Labute approximate surface area is 377 Å². The molecule has 0 radical (unpaired) electrons. The fourth-order valence-electron chi connectivity index (χ4n) is 13.1. The number of hydrogen-bond acceptors (Lipinski definition) is 21. The second kappa shape index (κ2) is 19.7. The summed E-state index contributed by atoms with van der Waals surface area (Å²) in [5, 5.41) is 136. The van der Waals surface area contributed by atoms with E-state index >= 15 is 0 Å². The van der Waals surface area contributed by atoms with Crippen LogP contribution < -0.4 is 0 Å². The number of hydrogen-bond donors (Lipinski definition) is 13. The average molecular weight is 937 g/mol. The molecule has 4 aliphatic carbocycles. The largest absolute Gasteiger partial charge is 0.462 e. The van der Waals surface area contributed by atoms with E-state index in [9.17, 15) is 71.2 Å². The highest BCUT2D eigenvalue weighted by Gasteiger charge is 2.69. The predicted molar refractivity (Wildman–Crippen MR) is 218 cm³/mol. The van der Waals surface area contributed by atoms with Crippen LogP contribution in [-0.4, -0.2) is 215 Å². The first-order valence-electron chi connectivity index (χ1n) is 23.0. The topological polar surface area (TPSA) is 345 Å². The normalized spacial score (nSPS) is 50.2. The minimum Gasteiger partial charge on any atom is -0.462 e. The van der Waals surface area contributed by atoms with Gasteiger partial charge in [0.2, 0.25) is 0 Å². The quantitative estimate of drug-likeness (QED) is 0.0429. The molecule has 65 heavy (non-hydrogen) atoms. The van der Waals surface area contributed by atoms with E-state index < -0.39 is 160 Å². The van der Waals surface area contributed by atoms with Gasteiger partial charge >= 0.3 is 5.97 Å². The molecule has 374 valence electrons. The summed E-state index contributed by atoms with van der Waals surface area (Å²) >= 11 is 0. The Hall–Kier alpha value is -1.55. The van der Waals surface area contributed by atoms with Gasteiger partial charge in [0, 0.05) is 5.92 Å². The third-order valence-electron chi connectivity index (χ3n) is 16.8. The van der Waals surface area contributed by atoms with Crippen molar-refractivity contribution in [2.24, 2.45) is 34.0 Å². The van der Waals surface area contributed by atoms with Crippen molar-refractivity contribution in [1.29, 1.82) is 0 Å². The van der Waals surface area contributed by atoms with E-state index in [0.717, 1.165) is 18.4 Å². The zero-order chi connectivity index (χ0) is 47.6. The first kappa shape index (κ1) is 51.3. The van der Waals surface area contributed by atoms with E-state index in [4.69, 9.17) is 33.2 Å². The van der Waals surface area contributed by atoms with Crippen molar-refractivity contribution in [3.8, 4) is 0 Å². The molecule has 3 saturated heterocycles. The van der Waals surface area contributed by atoms with E-state index in [1.165, 1.54) is 0 Å². The van der Waals surface area contributed by atoms with Crippen molar-refractivity contribution >= 4 is 5.97 Å². The molecule has 0 amide bonds. The molecule has 7 rings (SSSR count). The number of fused-ring (bicyclic) bond motifs is 3. The van der Waals surface area contributed by atoms with Crippen molar-refractivity contribution in [2.45, 2.75) is 188 Å². The van der Waals surface area contributed by atoms with Crippen LogP contribution in [0.2, 0.25) is 0 Å². The fraction of sp³-hybridized carbons (Fsp3) is 0.932. The number of rotatable bonds is 15. The van der Waals surface area contributed by atoms with Crippen LogP contribution in [0.15, 0.2) is 12.2 Å². The maximum Gasteiger partial charge on any atom is 0.312 e. The van der Waals surface area contributed by atoms with Crippen LogP contribution in [0.3, 0.4) is 0 Å². The van der Waals surface area contributed by atoms with Gasteiger partial charge in [-0.05, 0) is 86.5 Å². The summed E-state index contributed by atoms with van der Waals surface area (Å²) in [5.74, 6) is -1.28. The Morgan fingerprint density at radius 3 is 1.94 bits per heavy atom. The third kappa shape index (κ3) is 8.98. The fourth-order valence-corrected chi connectivity index (χ4v) is 13.1. The number of aliphatic hydroxyl groups excluding tert-OH is 13.